The van der Waals surface area contributed by atoms with Crippen LogP contribution in [-0.4, -0.2) is 30.5 Å². The molecule has 0 bridgehead atoms. The summed E-state index contributed by atoms with van der Waals surface area (Å²) in [6.07, 6.45) is 3.22. The average Bonchev–Trinajstić information content (AvgIpc) is 2.38. The lowest BCUT2D eigenvalue weighted by Gasteiger charge is -2.22. The molecule has 0 radical (unpaired) electrons. The van der Waals surface area contributed by atoms with Crippen LogP contribution in [0.25, 0.3) is 0 Å². The van der Waals surface area contributed by atoms with Crippen molar-refractivity contribution in [1.29, 1.82) is 0 Å². The molecule has 2 rings (SSSR count). The Morgan fingerprint density at radius 1 is 1.47 bits per heavy atom. The van der Waals surface area contributed by atoms with Gasteiger partial charge in [0.15, 0.2) is 0 Å². The number of hydrogen-bond donors (Lipinski definition) is 2. The molecule has 0 unspecified atom stereocenters. The summed E-state index contributed by atoms with van der Waals surface area (Å²) in [5.74, 6) is -0.135. The molecule has 1 amide bonds. The molecule has 2 N–H and O–H groups in total. The van der Waals surface area contributed by atoms with Crippen molar-refractivity contribution in [2.45, 2.75) is 12.8 Å². The van der Waals surface area contributed by atoms with E-state index in [0.717, 1.165) is 32.1 Å². The van der Waals surface area contributed by atoms with Crippen molar-refractivity contribution in [3.63, 3.8) is 0 Å². The molecule has 0 saturated carbocycles. The van der Waals surface area contributed by atoms with Gasteiger partial charge in [-0.05, 0) is 44.0 Å². The van der Waals surface area contributed by atoms with Gasteiger partial charge >= 0.3 is 0 Å². The van der Waals surface area contributed by atoms with E-state index in [9.17, 15) is 9.18 Å². The number of piperidine rings is 1. The molecular weight excluding hydrogens is 221 g/mol. The molecule has 1 saturated heterocycles. The van der Waals surface area contributed by atoms with E-state index in [1.807, 2.05) is 0 Å². The van der Waals surface area contributed by atoms with Gasteiger partial charge in [0.2, 0.25) is 0 Å². The Hall–Kier alpha value is -1.49. The first-order chi connectivity index (χ1) is 8.25. The fraction of sp³-hybridized carbons (Fsp3) is 0.500. The van der Waals surface area contributed by atoms with Gasteiger partial charge < -0.3 is 10.6 Å². The maximum atomic E-state index is 12.6. The van der Waals surface area contributed by atoms with Gasteiger partial charge in [-0.25, -0.2) is 9.37 Å². The van der Waals surface area contributed by atoms with E-state index >= 15 is 0 Å². The second-order valence-electron chi connectivity index (χ2n) is 4.27. The summed E-state index contributed by atoms with van der Waals surface area (Å²) in [5.41, 5.74) is 0.264. The Labute approximate surface area is 99.6 Å². The number of pyridine rings is 1. The number of carbonyl (C=O) groups excluding carboxylic acids is 1. The minimum atomic E-state index is -0.431. The van der Waals surface area contributed by atoms with Crippen molar-refractivity contribution in [2.75, 3.05) is 19.6 Å². The van der Waals surface area contributed by atoms with Crippen LogP contribution in [0.5, 0.6) is 0 Å². The molecule has 5 heteroatoms. The van der Waals surface area contributed by atoms with E-state index in [4.69, 9.17) is 0 Å². The summed E-state index contributed by atoms with van der Waals surface area (Å²) in [6, 6.07) is 2.64. The van der Waals surface area contributed by atoms with E-state index < -0.39 is 5.82 Å². The van der Waals surface area contributed by atoms with E-state index in [1.165, 1.54) is 12.1 Å². The number of aromatic nitrogens is 1. The lowest BCUT2D eigenvalue weighted by atomic mass is 9.98. The van der Waals surface area contributed by atoms with Gasteiger partial charge in [0.25, 0.3) is 5.91 Å². The van der Waals surface area contributed by atoms with Crippen LogP contribution in [0.4, 0.5) is 4.39 Å². The van der Waals surface area contributed by atoms with Gasteiger partial charge in [0.05, 0.1) is 6.20 Å². The first kappa shape index (κ1) is 12.0. The normalized spacial score (nSPS) is 16.8. The Bertz CT molecular complexity index is 374. The minimum absolute atomic E-state index is 0.233. The van der Waals surface area contributed by atoms with Crippen LogP contribution in [-0.2, 0) is 0 Å². The van der Waals surface area contributed by atoms with E-state index in [0.29, 0.717) is 12.5 Å². The molecule has 17 heavy (non-hydrogen) atoms. The number of rotatable bonds is 3. The lowest BCUT2D eigenvalue weighted by Crippen LogP contribution is -2.36. The fourth-order valence-corrected chi connectivity index (χ4v) is 1.92. The smallest absolute Gasteiger partial charge is 0.269 e. The van der Waals surface area contributed by atoms with E-state index in [1.54, 1.807) is 0 Å². The molecule has 1 aliphatic rings. The van der Waals surface area contributed by atoms with Crippen LogP contribution < -0.4 is 10.6 Å². The van der Waals surface area contributed by atoms with Crippen LogP contribution in [0, 0.1) is 11.7 Å². The number of nitrogens with one attached hydrogen (secondary N) is 2. The van der Waals surface area contributed by atoms with Crippen LogP contribution in [0.15, 0.2) is 18.3 Å². The third-order valence-corrected chi connectivity index (χ3v) is 2.97. The van der Waals surface area contributed by atoms with Gasteiger partial charge in [-0.3, -0.25) is 4.79 Å². The monoisotopic (exact) mass is 237 g/mol. The molecule has 4 nitrogen and oxygen atoms in total. The van der Waals surface area contributed by atoms with Crippen LogP contribution in [0.1, 0.15) is 23.3 Å². The molecule has 0 aromatic carbocycles. The van der Waals surface area contributed by atoms with E-state index in [-0.39, 0.29) is 11.6 Å². The summed E-state index contributed by atoms with van der Waals surface area (Å²) in [5, 5.41) is 6.11. The third kappa shape index (κ3) is 3.49. The molecule has 1 aromatic rings. The molecular formula is C12H16FN3O. The lowest BCUT2D eigenvalue weighted by molar-refractivity contribution is 0.0939. The highest BCUT2D eigenvalue weighted by atomic mass is 19.1. The number of nitrogens with zero attached hydrogens (tertiary/aromatic N) is 1. The van der Waals surface area contributed by atoms with Crippen molar-refractivity contribution in [3.05, 3.63) is 29.8 Å². The maximum Gasteiger partial charge on any atom is 0.269 e. The SMILES string of the molecule is O=C(NCC1CCNCC1)c1ccc(F)cn1. The van der Waals surface area contributed by atoms with Crippen molar-refractivity contribution in [2.24, 2.45) is 5.92 Å². The van der Waals surface area contributed by atoms with Crippen LogP contribution >= 0.6 is 0 Å². The summed E-state index contributed by atoms with van der Waals surface area (Å²) in [4.78, 5) is 15.4. The van der Waals surface area contributed by atoms with E-state index in [2.05, 4.69) is 15.6 Å². The highest BCUT2D eigenvalue weighted by molar-refractivity contribution is 5.92. The van der Waals surface area contributed by atoms with Gasteiger partial charge in [-0.1, -0.05) is 0 Å². The molecule has 2 heterocycles. The highest BCUT2D eigenvalue weighted by Crippen LogP contribution is 2.10. The Kier molecular flexibility index (Phi) is 4.03. The van der Waals surface area contributed by atoms with Crippen molar-refractivity contribution >= 4 is 5.91 Å². The van der Waals surface area contributed by atoms with Gasteiger partial charge in [0, 0.05) is 6.54 Å². The predicted molar refractivity (Wildman–Crippen MR) is 62.1 cm³/mol. The maximum absolute atomic E-state index is 12.6. The summed E-state index contributed by atoms with van der Waals surface area (Å²) >= 11 is 0. The van der Waals surface area contributed by atoms with Crippen molar-refractivity contribution in [1.82, 2.24) is 15.6 Å². The first-order valence-corrected chi connectivity index (χ1v) is 5.86. The third-order valence-electron chi connectivity index (χ3n) is 2.97. The molecule has 0 aliphatic carbocycles. The molecule has 1 aromatic heterocycles. The molecule has 1 aliphatic heterocycles. The zero-order chi connectivity index (χ0) is 12.1. The number of carbonyl (C=O) groups is 1. The Morgan fingerprint density at radius 2 is 2.24 bits per heavy atom. The molecule has 92 valence electrons. The van der Waals surface area contributed by atoms with Gasteiger partial charge in [-0.2, -0.15) is 0 Å². The molecule has 1 fully saturated rings. The Morgan fingerprint density at radius 3 is 2.88 bits per heavy atom. The molecule has 0 atom stereocenters. The fourth-order valence-electron chi connectivity index (χ4n) is 1.92. The zero-order valence-corrected chi connectivity index (χ0v) is 9.58. The van der Waals surface area contributed by atoms with Gasteiger partial charge in [0.1, 0.15) is 11.5 Å². The number of amides is 1. The minimum Gasteiger partial charge on any atom is -0.350 e. The highest BCUT2D eigenvalue weighted by Gasteiger charge is 2.14. The number of halogens is 1. The second-order valence-corrected chi connectivity index (χ2v) is 4.27. The largest absolute Gasteiger partial charge is 0.350 e. The zero-order valence-electron chi connectivity index (χ0n) is 9.58. The van der Waals surface area contributed by atoms with Crippen molar-refractivity contribution < 1.29 is 9.18 Å². The summed E-state index contributed by atoms with van der Waals surface area (Å²) in [7, 11) is 0. The second kappa shape index (κ2) is 5.72. The quantitative estimate of drug-likeness (QED) is 0.823. The Balaban J connectivity index is 1.82. The topological polar surface area (TPSA) is 54.0 Å². The predicted octanol–water partition coefficient (Wildman–Crippen LogP) is 0.950. The summed E-state index contributed by atoms with van der Waals surface area (Å²) in [6.45, 7) is 2.68. The van der Waals surface area contributed by atoms with Crippen LogP contribution in [0.2, 0.25) is 0 Å². The average molecular weight is 237 g/mol. The van der Waals surface area contributed by atoms with Crippen molar-refractivity contribution in [3.8, 4) is 0 Å². The number of hydrogen-bond acceptors (Lipinski definition) is 3. The van der Waals surface area contributed by atoms with Crippen LogP contribution in [0.3, 0.4) is 0 Å². The standard InChI is InChI=1S/C12H16FN3O/c13-10-1-2-11(15-8-10)12(17)16-7-9-3-5-14-6-4-9/h1-2,8-9,14H,3-7H2,(H,16,17). The first-order valence-electron chi connectivity index (χ1n) is 5.86. The van der Waals surface area contributed by atoms with Gasteiger partial charge in [-0.15, -0.1) is 0 Å². The molecule has 0 spiro atoms. The summed E-state index contributed by atoms with van der Waals surface area (Å²) < 4.78 is 12.6.